The first kappa shape index (κ1) is 16.1. The zero-order valence-corrected chi connectivity index (χ0v) is 14.6. The minimum absolute atomic E-state index is 0.370. The number of nitrogens with two attached hydrogens (primary N) is 1. The Hall–Kier alpha value is -2.43. The van der Waals surface area contributed by atoms with Crippen LogP contribution in [0.15, 0.2) is 60.8 Å². The van der Waals surface area contributed by atoms with E-state index in [4.69, 9.17) is 5.73 Å². The summed E-state index contributed by atoms with van der Waals surface area (Å²) in [7, 11) is 1.99. The molecule has 0 aliphatic carbocycles. The van der Waals surface area contributed by atoms with Crippen LogP contribution >= 0.6 is 0 Å². The number of aromatic nitrogens is 2. The molecule has 4 nitrogen and oxygen atoms in total. The fourth-order valence-corrected chi connectivity index (χ4v) is 3.74. The highest BCUT2D eigenvalue weighted by Gasteiger charge is 2.25. The van der Waals surface area contributed by atoms with Crippen LogP contribution < -0.4 is 5.73 Å². The smallest absolute Gasteiger partial charge is 0.0678 e. The van der Waals surface area contributed by atoms with Gasteiger partial charge in [0, 0.05) is 44.5 Å². The summed E-state index contributed by atoms with van der Waals surface area (Å²) in [5.41, 5.74) is 12.7. The Bertz CT molecular complexity index is 853. The second-order valence-corrected chi connectivity index (χ2v) is 6.81. The van der Waals surface area contributed by atoms with Gasteiger partial charge in [-0.25, -0.2) is 0 Å². The molecule has 0 radical (unpaired) electrons. The van der Waals surface area contributed by atoms with E-state index in [9.17, 15) is 0 Å². The Labute approximate surface area is 148 Å². The molecule has 3 aromatic rings. The fraction of sp³-hybridized carbons (Fsp3) is 0.286. The van der Waals surface area contributed by atoms with E-state index in [0.717, 1.165) is 25.2 Å². The molecule has 0 bridgehead atoms. The molecule has 2 aromatic carbocycles. The van der Waals surface area contributed by atoms with Crippen molar-refractivity contribution in [1.29, 1.82) is 0 Å². The summed E-state index contributed by atoms with van der Waals surface area (Å²) in [5.74, 6) is 0. The minimum atomic E-state index is 0.370. The van der Waals surface area contributed by atoms with Crippen molar-refractivity contribution in [3.05, 3.63) is 77.5 Å². The lowest BCUT2D eigenvalue weighted by Gasteiger charge is -2.26. The number of hydrogen-bond donors (Lipinski definition) is 1. The van der Waals surface area contributed by atoms with Gasteiger partial charge in [0.1, 0.15) is 0 Å². The van der Waals surface area contributed by atoms with E-state index in [2.05, 4.69) is 64.6 Å². The van der Waals surface area contributed by atoms with Crippen LogP contribution in [0.1, 0.15) is 16.7 Å². The zero-order valence-electron chi connectivity index (χ0n) is 14.6. The fourth-order valence-electron chi connectivity index (χ4n) is 3.74. The van der Waals surface area contributed by atoms with Crippen molar-refractivity contribution in [3.63, 3.8) is 0 Å². The Morgan fingerprint density at radius 3 is 2.56 bits per heavy atom. The summed E-state index contributed by atoms with van der Waals surface area (Å²) in [6.45, 7) is 2.63. The number of nitrogens with zero attached hydrogens (tertiary/aromatic N) is 3. The maximum atomic E-state index is 6.11. The molecule has 1 aliphatic rings. The van der Waals surface area contributed by atoms with Gasteiger partial charge in [-0.05, 0) is 35.2 Å². The van der Waals surface area contributed by atoms with Gasteiger partial charge < -0.3 is 5.73 Å². The zero-order chi connectivity index (χ0) is 17.2. The standard InChI is InChI=1S/C21H24N4/c1-24-21(9-10-23-24)17-7-8-18-14-25(15-19(18)12-17)20(13-22)11-16-5-3-2-4-6-16/h2-10,12,20H,11,13-15,22H2,1H3/t20-/m0/s1. The van der Waals surface area contributed by atoms with Crippen molar-refractivity contribution < 1.29 is 0 Å². The van der Waals surface area contributed by atoms with Gasteiger partial charge in [-0.1, -0.05) is 42.5 Å². The lowest BCUT2D eigenvalue weighted by atomic mass is 10.0. The van der Waals surface area contributed by atoms with Crippen LogP contribution in [0.3, 0.4) is 0 Å². The average molecular weight is 332 g/mol. The SMILES string of the molecule is Cn1nccc1-c1ccc2c(c1)CN([C@H](CN)Cc1ccccc1)C2. The summed E-state index contributed by atoms with van der Waals surface area (Å²) in [4.78, 5) is 2.50. The molecule has 25 heavy (non-hydrogen) atoms. The molecule has 2 N–H and O–H groups in total. The number of aryl methyl sites for hydroxylation is 1. The molecule has 1 aliphatic heterocycles. The maximum Gasteiger partial charge on any atom is 0.0678 e. The third kappa shape index (κ3) is 3.23. The number of fused-ring (bicyclic) bond motifs is 1. The summed E-state index contributed by atoms with van der Waals surface area (Å²) in [5, 5.41) is 4.28. The summed E-state index contributed by atoms with van der Waals surface area (Å²) in [6, 6.07) is 19.8. The van der Waals surface area contributed by atoms with E-state index >= 15 is 0 Å². The highest BCUT2D eigenvalue weighted by atomic mass is 15.3. The summed E-state index contributed by atoms with van der Waals surface area (Å²) in [6.07, 6.45) is 2.85. The van der Waals surface area contributed by atoms with Gasteiger partial charge in [0.2, 0.25) is 0 Å². The van der Waals surface area contributed by atoms with Gasteiger partial charge in [-0.3, -0.25) is 9.58 Å². The van der Waals surface area contributed by atoms with Crippen LogP contribution in [0, 0.1) is 0 Å². The second-order valence-electron chi connectivity index (χ2n) is 6.81. The number of hydrogen-bond acceptors (Lipinski definition) is 3. The van der Waals surface area contributed by atoms with Gasteiger partial charge >= 0.3 is 0 Å². The van der Waals surface area contributed by atoms with Crippen molar-refractivity contribution in [2.24, 2.45) is 12.8 Å². The van der Waals surface area contributed by atoms with Gasteiger partial charge in [0.25, 0.3) is 0 Å². The van der Waals surface area contributed by atoms with Crippen LogP contribution in [0.5, 0.6) is 0 Å². The minimum Gasteiger partial charge on any atom is -0.329 e. The first-order valence-corrected chi connectivity index (χ1v) is 8.83. The Kier molecular flexibility index (Phi) is 4.38. The van der Waals surface area contributed by atoms with Gasteiger partial charge in [-0.15, -0.1) is 0 Å². The molecule has 0 amide bonds. The van der Waals surface area contributed by atoms with Gasteiger partial charge in [-0.2, -0.15) is 5.10 Å². The van der Waals surface area contributed by atoms with E-state index in [-0.39, 0.29) is 0 Å². The van der Waals surface area contributed by atoms with E-state index in [1.807, 2.05) is 17.9 Å². The predicted octanol–water partition coefficient (Wildman–Crippen LogP) is 2.97. The lowest BCUT2D eigenvalue weighted by Crippen LogP contribution is -2.38. The van der Waals surface area contributed by atoms with Gasteiger partial charge in [0.05, 0.1) is 5.69 Å². The largest absolute Gasteiger partial charge is 0.329 e. The Morgan fingerprint density at radius 2 is 1.84 bits per heavy atom. The van der Waals surface area contributed by atoms with E-state index in [0.29, 0.717) is 12.6 Å². The van der Waals surface area contributed by atoms with Crippen molar-refractivity contribution in [2.75, 3.05) is 6.54 Å². The molecule has 0 saturated heterocycles. The molecule has 1 atom stereocenters. The molecule has 0 fully saturated rings. The van der Waals surface area contributed by atoms with Gasteiger partial charge in [0.15, 0.2) is 0 Å². The summed E-state index contributed by atoms with van der Waals surface area (Å²) >= 11 is 0. The third-order valence-corrected chi connectivity index (χ3v) is 5.17. The van der Waals surface area contributed by atoms with Crippen molar-refractivity contribution >= 4 is 0 Å². The van der Waals surface area contributed by atoms with E-state index in [1.54, 1.807) is 0 Å². The second kappa shape index (κ2) is 6.82. The molecule has 1 aromatic heterocycles. The highest BCUT2D eigenvalue weighted by Crippen LogP contribution is 2.29. The molecule has 0 unspecified atom stereocenters. The molecule has 4 rings (SSSR count). The van der Waals surface area contributed by atoms with Crippen molar-refractivity contribution in [3.8, 4) is 11.3 Å². The predicted molar refractivity (Wildman–Crippen MR) is 101 cm³/mol. The van der Waals surface area contributed by atoms with Crippen LogP contribution in [0.2, 0.25) is 0 Å². The van der Waals surface area contributed by atoms with Crippen LogP contribution in [-0.4, -0.2) is 27.3 Å². The average Bonchev–Trinajstić information content (AvgIpc) is 3.25. The number of rotatable bonds is 5. The van der Waals surface area contributed by atoms with Crippen molar-refractivity contribution in [1.82, 2.24) is 14.7 Å². The molecule has 2 heterocycles. The van der Waals surface area contributed by atoms with Crippen LogP contribution in [0.4, 0.5) is 0 Å². The molecular weight excluding hydrogens is 308 g/mol. The molecular formula is C21H24N4. The Balaban J connectivity index is 1.53. The number of benzene rings is 2. The first-order chi connectivity index (χ1) is 12.2. The lowest BCUT2D eigenvalue weighted by molar-refractivity contribution is 0.202. The van der Waals surface area contributed by atoms with E-state index in [1.165, 1.54) is 22.3 Å². The molecule has 0 spiro atoms. The first-order valence-electron chi connectivity index (χ1n) is 8.83. The highest BCUT2D eigenvalue weighted by molar-refractivity contribution is 5.61. The summed E-state index contributed by atoms with van der Waals surface area (Å²) < 4.78 is 1.92. The van der Waals surface area contributed by atoms with E-state index < -0.39 is 0 Å². The quantitative estimate of drug-likeness (QED) is 0.781. The molecule has 128 valence electrons. The van der Waals surface area contributed by atoms with Crippen molar-refractivity contribution in [2.45, 2.75) is 25.6 Å². The molecule has 4 heteroatoms. The molecule has 0 saturated carbocycles. The maximum absolute atomic E-state index is 6.11. The topological polar surface area (TPSA) is 47.1 Å². The normalized spacial score (nSPS) is 15.3. The monoisotopic (exact) mass is 332 g/mol. The Morgan fingerprint density at radius 1 is 1.04 bits per heavy atom. The van der Waals surface area contributed by atoms with Crippen LogP contribution in [0.25, 0.3) is 11.3 Å². The van der Waals surface area contributed by atoms with Crippen LogP contribution in [-0.2, 0) is 26.6 Å². The third-order valence-electron chi connectivity index (χ3n) is 5.17.